The van der Waals surface area contributed by atoms with Crippen molar-refractivity contribution in [3.8, 4) is 0 Å². The van der Waals surface area contributed by atoms with Gasteiger partial charge in [0.2, 0.25) is 0 Å². The first-order valence-electron chi connectivity index (χ1n) is 7.66. The lowest BCUT2D eigenvalue weighted by Crippen LogP contribution is -2.58. The lowest BCUT2D eigenvalue weighted by atomic mass is 9.83. The Labute approximate surface area is 126 Å². The summed E-state index contributed by atoms with van der Waals surface area (Å²) in [6, 6.07) is -0.635. The summed E-state index contributed by atoms with van der Waals surface area (Å²) in [5.41, 5.74) is 4.58. The van der Waals surface area contributed by atoms with E-state index in [4.69, 9.17) is 10.5 Å². The second-order valence-corrected chi connectivity index (χ2v) is 9.16. The van der Waals surface area contributed by atoms with Crippen LogP contribution in [0.3, 0.4) is 0 Å². The van der Waals surface area contributed by atoms with Crippen LogP contribution in [-0.2, 0) is 14.6 Å². The van der Waals surface area contributed by atoms with Gasteiger partial charge in [-0.2, -0.15) is 0 Å². The first-order valence-corrected chi connectivity index (χ1v) is 9.32. The first kappa shape index (κ1) is 16.5. The number of amides is 2. The third-order valence-electron chi connectivity index (χ3n) is 4.97. The fraction of sp³-hybridized carbons (Fsp3) is 0.929. The lowest BCUT2D eigenvalue weighted by molar-refractivity contribution is 0.0786. The summed E-state index contributed by atoms with van der Waals surface area (Å²) in [5, 5.41) is 2.74. The van der Waals surface area contributed by atoms with Gasteiger partial charge in [-0.25, -0.2) is 13.2 Å². The zero-order valence-corrected chi connectivity index (χ0v) is 13.5. The molecular formula is C14H26N2O4S. The highest BCUT2D eigenvalue weighted by molar-refractivity contribution is 7.92. The Hall–Kier alpha value is -0.820. The van der Waals surface area contributed by atoms with Crippen LogP contribution in [0.1, 0.15) is 51.9 Å². The average Bonchev–Trinajstić information content (AvgIpc) is 2.38. The maximum atomic E-state index is 12.9. The molecule has 0 spiro atoms. The number of nitrogens with two attached hydrogens (primary N) is 1. The molecule has 21 heavy (non-hydrogen) atoms. The molecule has 1 saturated heterocycles. The van der Waals surface area contributed by atoms with Crippen LogP contribution in [-0.4, -0.2) is 43.7 Å². The molecule has 0 aromatic rings. The Balaban J connectivity index is 2.20. The minimum Gasteiger partial charge on any atom is -0.381 e. The molecule has 0 unspecified atom stereocenters. The van der Waals surface area contributed by atoms with E-state index < -0.39 is 26.2 Å². The Morgan fingerprint density at radius 3 is 2.24 bits per heavy atom. The molecule has 7 heteroatoms. The number of carbonyl (C=O) groups is 1. The average molecular weight is 318 g/mol. The van der Waals surface area contributed by atoms with Gasteiger partial charge in [-0.3, -0.25) is 0 Å². The van der Waals surface area contributed by atoms with Crippen molar-refractivity contribution < 1.29 is 17.9 Å². The van der Waals surface area contributed by atoms with Crippen molar-refractivity contribution >= 4 is 15.9 Å². The van der Waals surface area contributed by atoms with E-state index in [2.05, 4.69) is 5.32 Å². The molecule has 122 valence electrons. The van der Waals surface area contributed by atoms with Crippen molar-refractivity contribution in [3.05, 3.63) is 0 Å². The van der Waals surface area contributed by atoms with Crippen LogP contribution in [0.25, 0.3) is 0 Å². The Kier molecular flexibility index (Phi) is 4.82. The number of hydrogen-bond donors (Lipinski definition) is 2. The number of carbonyl (C=O) groups excluding carboxylic acids is 1. The highest BCUT2D eigenvalue weighted by Gasteiger charge is 2.46. The minimum atomic E-state index is -3.34. The largest absolute Gasteiger partial charge is 0.381 e. The van der Waals surface area contributed by atoms with Crippen molar-refractivity contribution in [1.82, 2.24) is 5.32 Å². The quantitative estimate of drug-likeness (QED) is 0.817. The second-order valence-electron chi connectivity index (χ2n) is 6.65. The van der Waals surface area contributed by atoms with Crippen molar-refractivity contribution in [2.45, 2.75) is 62.2 Å². The van der Waals surface area contributed by atoms with Crippen molar-refractivity contribution in [3.63, 3.8) is 0 Å². The molecule has 0 bridgehead atoms. The monoisotopic (exact) mass is 318 g/mol. The van der Waals surface area contributed by atoms with Gasteiger partial charge < -0.3 is 15.8 Å². The molecule has 6 nitrogen and oxygen atoms in total. The summed E-state index contributed by atoms with van der Waals surface area (Å²) in [6.07, 6.45) is 5.33. The summed E-state index contributed by atoms with van der Waals surface area (Å²) < 4.78 is 30.4. The molecule has 0 aromatic heterocycles. The van der Waals surface area contributed by atoms with E-state index in [-0.39, 0.29) is 5.75 Å². The van der Waals surface area contributed by atoms with Gasteiger partial charge in [-0.15, -0.1) is 0 Å². The predicted octanol–water partition coefficient (Wildman–Crippen LogP) is 1.34. The minimum absolute atomic E-state index is 0.0144. The number of primary amides is 1. The summed E-state index contributed by atoms with van der Waals surface area (Å²) in [4.78, 5) is 11.3. The molecule has 0 radical (unpaired) electrons. The van der Waals surface area contributed by atoms with Crippen LogP contribution in [0.2, 0.25) is 0 Å². The van der Waals surface area contributed by atoms with Gasteiger partial charge in [0, 0.05) is 13.2 Å². The van der Waals surface area contributed by atoms with Crippen LogP contribution < -0.4 is 11.1 Å². The van der Waals surface area contributed by atoms with Crippen LogP contribution in [0.5, 0.6) is 0 Å². The molecule has 1 aliphatic heterocycles. The van der Waals surface area contributed by atoms with Crippen LogP contribution >= 0.6 is 0 Å². The Morgan fingerprint density at radius 1 is 1.14 bits per heavy atom. The van der Waals surface area contributed by atoms with E-state index in [1.807, 2.05) is 0 Å². The Morgan fingerprint density at radius 2 is 1.71 bits per heavy atom. The smallest absolute Gasteiger partial charge is 0.312 e. The van der Waals surface area contributed by atoms with Crippen molar-refractivity contribution in [1.29, 1.82) is 0 Å². The molecule has 1 heterocycles. The third-order valence-corrected chi connectivity index (χ3v) is 7.81. The number of hydrogen-bond acceptors (Lipinski definition) is 4. The molecule has 0 aromatic carbocycles. The highest BCUT2D eigenvalue weighted by atomic mass is 32.2. The van der Waals surface area contributed by atoms with Crippen molar-refractivity contribution in [2.24, 2.45) is 5.73 Å². The summed E-state index contributed by atoms with van der Waals surface area (Å²) in [7, 11) is -3.34. The number of ether oxygens (including phenoxy) is 1. The van der Waals surface area contributed by atoms with Gasteiger partial charge in [0.05, 0.1) is 16.0 Å². The van der Waals surface area contributed by atoms with Gasteiger partial charge in [0.25, 0.3) is 0 Å². The van der Waals surface area contributed by atoms with Crippen LogP contribution in [0, 0.1) is 0 Å². The predicted molar refractivity (Wildman–Crippen MR) is 80.8 cm³/mol. The summed E-state index contributed by atoms with van der Waals surface area (Å²) >= 11 is 0. The molecule has 1 saturated carbocycles. The standard InChI is InChI=1S/C14H26N2O4S/c1-13(7-9-20-10-8-13)21(18,19)11-14(16-12(15)17)5-3-2-4-6-14/h2-11H2,1H3,(H3,15,16,17). The van der Waals surface area contributed by atoms with E-state index in [0.717, 1.165) is 19.3 Å². The molecule has 2 aliphatic rings. The fourth-order valence-electron chi connectivity index (χ4n) is 3.45. The molecule has 0 atom stereocenters. The maximum absolute atomic E-state index is 12.9. The number of rotatable bonds is 4. The SMILES string of the molecule is CC1(S(=O)(=O)CC2(NC(N)=O)CCCCC2)CCOCC1. The van der Waals surface area contributed by atoms with E-state index in [1.54, 1.807) is 6.92 Å². The van der Waals surface area contributed by atoms with E-state index in [9.17, 15) is 13.2 Å². The Bertz CT molecular complexity index is 477. The maximum Gasteiger partial charge on any atom is 0.312 e. The van der Waals surface area contributed by atoms with E-state index in [1.165, 1.54) is 0 Å². The summed E-state index contributed by atoms with van der Waals surface area (Å²) in [5.74, 6) is -0.0144. The molecule has 3 N–H and O–H groups in total. The van der Waals surface area contributed by atoms with Gasteiger partial charge in [-0.1, -0.05) is 19.3 Å². The zero-order valence-electron chi connectivity index (χ0n) is 12.7. The molecule has 2 rings (SSSR count). The lowest BCUT2D eigenvalue weighted by Gasteiger charge is -2.41. The number of sulfone groups is 1. The van der Waals surface area contributed by atoms with Crippen LogP contribution in [0.4, 0.5) is 4.79 Å². The zero-order chi connectivity index (χ0) is 15.6. The van der Waals surface area contributed by atoms with Gasteiger partial charge >= 0.3 is 6.03 Å². The second kappa shape index (κ2) is 6.12. The van der Waals surface area contributed by atoms with E-state index >= 15 is 0 Å². The van der Waals surface area contributed by atoms with Gasteiger partial charge in [0.15, 0.2) is 9.84 Å². The van der Waals surface area contributed by atoms with E-state index in [0.29, 0.717) is 38.9 Å². The number of nitrogens with one attached hydrogen (secondary N) is 1. The van der Waals surface area contributed by atoms with Crippen LogP contribution in [0.15, 0.2) is 0 Å². The molecule has 1 aliphatic carbocycles. The third kappa shape index (κ3) is 3.69. The van der Waals surface area contributed by atoms with Gasteiger partial charge in [-0.05, 0) is 32.6 Å². The highest BCUT2D eigenvalue weighted by Crippen LogP contribution is 2.36. The number of urea groups is 1. The van der Waals surface area contributed by atoms with Gasteiger partial charge in [0.1, 0.15) is 0 Å². The molecular weight excluding hydrogens is 292 g/mol. The first-order chi connectivity index (χ1) is 9.79. The summed E-state index contributed by atoms with van der Waals surface area (Å²) in [6.45, 7) is 2.75. The molecule has 2 amide bonds. The topological polar surface area (TPSA) is 98.5 Å². The fourth-order valence-corrected chi connectivity index (χ4v) is 5.67. The van der Waals surface area contributed by atoms with Crippen molar-refractivity contribution in [2.75, 3.05) is 19.0 Å². The molecule has 2 fully saturated rings. The normalized spacial score (nSPS) is 25.2.